The summed E-state index contributed by atoms with van der Waals surface area (Å²) in [5, 5.41) is 0. The van der Waals surface area contributed by atoms with E-state index in [2.05, 4.69) is 9.97 Å². The third kappa shape index (κ3) is 1.59. The van der Waals surface area contributed by atoms with Crippen molar-refractivity contribution in [2.24, 2.45) is 0 Å². The van der Waals surface area contributed by atoms with Crippen molar-refractivity contribution in [2.45, 2.75) is 32.1 Å². The number of nitrogens with zero attached hydrogens (tertiary/aromatic N) is 2. The Morgan fingerprint density at radius 3 is 2.62 bits per heavy atom. The van der Waals surface area contributed by atoms with Crippen LogP contribution in [0.15, 0.2) is 12.4 Å². The largest absolute Gasteiger partial charge is 0.299 e. The fourth-order valence-corrected chi connectivity index (χ4v) is 1.75. The van der Waals surface area contributed by atoms with E-state index < -0.39 is 0 Å². The van der Waals surface area contributed by atoms with E-state index in [0.717, 1.165) is 30.7 Å². The summed E-state index contributed by atoms with van der Waals surface area (Å²) >= 11 is 0. The van der Waals surface area contributed by atoms with Crippen LogP contribution in [-0.4, -0.2) is 15.8 Å². The van der Waals surface area contributed by atoms with Gasteiger partial charge in [-0.05, 0) is 25.3 Å². The van der Waals surface area contributed by atoms with Crippen LogP contribution in [-0.2, 0) is 4.79 Å². The Hall–Kier alpha value is -1.25. The fourth-order valence-electron chi connectivity index (χ4n) is 1.75. The molecule has 3 heteroatoms. The molecule has 0 bridgehead atoms. The van der Waals surface area contributed by atoms with E-state index in [9.17, 15) is 4.79 Å². The molecule has 1 unspecified atom stereocenters. The molecule has 3 nitrogen and oxygen atoms in total. The highest BCUT2D eigenvalue weighted by Crippen LogP contribution is 2.30. The molecule has 1 atom stereocenters. The van der Waals surface area contributed by atoms with Crippen molar-refractivity contribution < 1.29 is 4.79 Å². The Bertz CT molecular complexity index is 318. The number of aromatic nitrogens is 2. The molecule has 0 spiro atoms. The maximum Gasteiger partial charge on any atom is 0.140 e. The number of carbonyl (C=O) groups is 1. The predicted molar refractivity (Wildman–Crippen MR) is 48.4 cm³/mol. The first kappa shape index (κ1) is 8.35. The van der Waals surface area contributed by atoms with Crippen molar-refractivity contribution in [3.8, 4) is 0 Å². The molecule has 1 fully saturated rings. The van der Waals surface area contributed by atoms with Gasteiger partial charge in [0, 0.05) is 24.7 Å². The highest BCUT2D eigenvalue weighted by Gasteiger charge is 2.26. The number of carbonyl (C=O) groups excluding carboxylic acids is 1. The van der Waals surface area contributed by atoms with Gasteiger partial charge in [-0.15, -0.1) is 0 Å². The average molecular weight is 176 g/mol. The second kappa shape index (κ2) is 3.24. The van der Waals surface area contributed by atoms with Crippen LogP contribution in [0.5, 0.6) is 0 Å². The Balaban J connectivity index is 2.25. The molecule has 0 radical (unpaired) electrons. The van der Waals surface area contributed by atoms with Crippen LogP contribution in [0.3, 0.4) is 0 Å². The average Bonchev–Trinajstić information content (AvgIpc) is 2.53. The molecule has 1 aromatic rings. The maximum atomic E-state index is 11.4. The van der Waals surface area contributed by atoms with Crippen LogP contribution in [0.2, 0.25) is 0 Å². The molecule has 0 amide bonds. The summed E-state index contributed by atoms with van der Waals surface area (Å²) in [6.07, 6.45) is 6.24. The summed E-state index contributed by atoms with van der Waals surface area (Å²) in [6, 6.07) is 0. The van der Waals surface area contributed by atoms with Crippen LogP contribution < -0.4 is 0 Å². The van der Waals surface area contributed by atoms with Gasteiger partial charge in [-0.25, -0.2) is 9.97 Å². The van der Waals surface area contributed by atoms with Crippen LogP contribution >= 0.6 is 0 Å². The van der Waals surface area contributed by atoms with Gasteiger partial charge < -0.3 is 0 Å². The lowest BCUT2D eigenvalue weighted by molar-refractivity contribution is -0.118. The summed E-state index contributed by atoms with van der Waals surface area (Å²) in [5.74, 6) is 1.17. The molecule has 1 heterocycles. The maximum absolute atomic E-state index is 11.4. The zero-order valence-corrected chi connectivity index (χ0v) is 7.66. The molecule has 2 rings (SSSR count). The van der Waals surface area contributed by atoms with E-state index in [1.165, 1.54) is 0 Å². The number of hydrogen-bond acceptors (Lipinski definition) is 3. The third-order valence-corrected chi connectivity index (χ3v) is 2.51. The van der Waals surface area contributed by atoms with Gasteiger partial charge in [-0.2, -0.15) is 0 Å². The molecule has 0 aliphatic heterocycles. The van der Waals surface area contributed by atoms with E-state index in [1.807, 2.05) is 6.92 Å². The zero-order chi connectivity index (χ0) is 9.26. The van der Waals surface area contributed by atoms with Gasteiger partial charge in [0.05, 0.1) is 0 Å². The standard InChI is InChI=1S/C10H12N2O/c1-7-11-5-8(6-12-7)9-3-2-4-10(9)13/h5-6,9H,2-4H2,1H3. The first-order chi connectivity index (χ1) is 6.27. The van der Waals surface area contributed by atoms with Crippen LogP contribution in [0.25, 0.3) is 0 Å². The minimum Gasteiger partial charge on any atom is -0.299 e. The molecule has 1 saturated carbocycles. The second-order valence-electron chi connectivity index (χ2n) is 3.47. The summed E-state index contributed by atoms with van der Waals surface area (Å²) < 4.78 is 0. The number of aryl methyl sites for hydroxylation is 1. The Morgan fingerprint density at radius 2 is 2.08 bits per heavy atom. The first-order valence-electron chi connectivity index (χ1n) is 4.58. The van der Waals surface area contributed by atoms with E-state index in [1.54, 1.807) is 12.4 Å². The van der Waals surface area contributed by atoms with Gasteiger partial charge in [0.25, 0.3) is 0 Å². The molecule has 1 aromatic heterocycles. The van der Waals surface area contributed by atoms with Crippen molar-refractivity contribution in [1.29, 1.82) is 0 Å². The van der Waals surface area contributed by atoms with Gasteiger partial charge in [0.2, 0.25) is 0 Å². The number of ketones is 1. The predicted octanol–water partition coefficient (Wildman–Crippen LogP) is 1.62. The Morgan fingerprint density at radius 1 is 1.38 bits per heavy atom. The number of hydrogen-bond donors (Lipinski definition) is 0. The fraction of sp³-hybridized carbons (Fsp3) is 0.500. The molecule has 1 aliphatic carbocycles. The van der Waals surface area contributed by atoms with Gasteiger partial charge in [0.15, 0.2) is 0 Å². The van der Waals surface area contributed by atoms with Gasteiger partial charge >= 0.3 is 0 Å². The first-order valence-corrected chi connectivity index (χ1v) is 4.58. The van der Waals surface area contributed by atoms with E-state index >= 15 is 0 Å². The second-order valence-corrected chi connectivity index (χ2v) is 3.47. The van der Waals surface area contributed by atoms with Crippen LogP contribution in [0, 0.1) is 6.92 Å². The lowest BCUT2D eigenvalue weighted by atomic mass is 10.0. The van der Waals surface area contributed by atoms with E-state index in [4.69, 9.17) is 0 Å². The molecular formula is C10H12N2O. The third-order valence-electron chi connectivity index (χ3n) is 2.51. The topological polar surface area (TPSA) is 42.9 Å². The van der Waals surface area contributed by atoms with Crippen LogP contribution in [0.1, 0.15) is 36.6 Å². The van der Waals surface area contributed by atoms with Crippen LogP contribution in [0.4, 0.5) is 0 Å². The van der Waals surface area contributed by atoms with E-state index in [0.29, 0.717) is 5.78 Å². The van der Waals surface area contributed by atoms with Crippen molar-refractivity contribution in [3.05, 3.63) is 23.8 Å². The van der Waals surface area contributed by atoms with Crippen molar-refractivity contribution >= 4 is 5.78 Å². The highest BCUT2D eigenvalue weighted by atomic mass is 16.1. The number of Topliss-reactive ketones (excluding diaryl/α,β-unsaturated/α-hetero) is 1. The summed E-state index contributed by atoms with van der Waals surface area (Å²) in [5.41, 5.74) is 0.980. The lowest BCUT2D eigenvalue weighted by Crippen LogP contribution is -2.05. The molecular weight excluding hydrogens is 164 g/mol. The normalized spacial score (nSPS) is 22.2. The molecule has 0 N–H and O–H groups in total. The summed E-state index contributed by atoms with van der Waals surface area (Å²) in [6.45, 7) is 1.85. The highest BCUT2D eigenvalue weighted by molar-refractivity contribution is 5.87. The monoisotopic (exact) mass is 176 g/mol. The minimum atomic E-state index is 0.0700. The Labute approximate surface area is 77.2 Å². The quantitative estimate of drug-likeness (QED) is 0.653. The summed E-state index contributed by atoms with van der Waals surface area (Å²) in [4.78, 5) is 19.6. The van der Waals surface area contributed by atoms with Crippen molar-refractivity contribution in [3.63, 3.8) is 0 Å². The molecule has 68 valence electrons. The van der Waals surface area contributed by atoms with Gasteiger partial charge in [-0.1, -0.05) is 0 Å². The minimum absolute atomic E-state index is 0.0700. The lowest BCUT2D eigenvalue weighted by Gasteiger charge is -2.06. The smallest absolute Gasteiger partial charge is 0.140 e. The van der Waals surface area contributed by atoms with Crippen molar-refractivity contribution in [1.82, 2.24) is 9.97 Å². The summed E-state index contributed by atoms with van der Waals surface area (Å²) in [7, 11) is 0. The zero-order valence-electron chi connectivity index (χ0n) is 7.66. The molecule has 1 aliphatic rings. The van der Waals surface area contributed by atoms with Gasteiger partial charge in [-0.3, -0.25) is 4.79 Å². The Kier molecular flexibility index (Phi) is 2.08. The molecule has 0 aromatic carbocycles. The van der Waals surface area contributed by atoms with Crippen molar-refractivity contribution in [2.75, 3.05) is 0 Å². The molecule has 0 saturated heterocycles. The molecule has 13 heavy (non-hydrogen) atoms. The SMILES string of the molecule is Cc1ncc(C2CCCC2=O)cn1. The van der Waals surface area contributed by atoms with Gasteiger partial charge in [0.1, 0.15) is 11.6 Å². The number of rotatable bonds is 1. The van der Waals surface area contributed by atoms with E-state index in [-0.39, 0.29) is 5.92 Å².